The fourth-order valence-electron chi connectivity index (χ4n) is 0.977. The molecule has 0 fully saturated rings. The van der Waals surface area contributed by atoms with E-state index < -0.39 is 31.0 Å². The number of hydrogen-bond acceptors (Lipinski definition) is 4. The highest BCUT2D eigenvalue weighted by atomic mass is 16.5. The zero-order valence-electron chi connectivity index (χ0n) is 9.80. The van der Waals surface area contributed by atoms with Crippen molar-refractivity contribution >= 4 is 17.9 Å². The predicted octanol–water partition coefficient (Wildman–Crippen LogP) is -1.40. The molecule has 0 heterocycles. The Bertz CT molecular complexity index is 278. The third-order valence-corrected chi connectivity index (χ3v) is 1.90. The van der Waals surface area contributed by atoms with Crippen LogP contribution in [0.3, 0.4) is 0 Å². The second kappa shape index (κ2) is 7.44. The maximum absolute atomic E-state index is 11.5. The molecule has 0 aliphatic rings. The number of carbonyl (C=O) groups excluding carboxylic acids is 2. The highest BCUT2D eigenvalue weighted by Crippen LogP contribution is 1.91. The topological polar surface area (TPSA) is 122 Å². The number of amides is 3. The lowest BCUT2D eigenvalue weighted by Crippen LogP contribution is -2.48. The van der Waals surface area contributed by atoms with E-state index in [0.717, 1.165) is 4.90 Å². The van der Waals surface area contributed by atoms with Crippen LogP contribution in [0.2, 0.25) is 0 Å². The summed E-state index contributed by atoms with van der Waals surface area (Å²) in [5.74, 6) is -2.00. The van der Waals surface area contributed by atoms with Crippen LogP contribution < -0.4 is 11.1 Å². The van der Waals surface area contributed by atoms with E-state index in [1.54, 1.807) is 6.92 Å². The first kappa shape index (κ1) is 15.2. The van der Waals surface area contributed by atoms with Gasteiger partial charge in [-0.2, -0.15) is 0 Å². The second-order valence-corrected chi connectivity index (χ2v) is 3.45. The number of hydrogen-bond donors (Lipinski definition) is 3. The number of urea groups is 1. The minimum absolute atomic E-state index is 0.209. The van der Waals surface area contributed by atoms with Crippen molar-refractivity contribution < 1.29 is 24.2 Å². The molecule has 0 rings (SSSR count). The van der Waals surface area contributed by atoms with Gasteiger partial charge < -0.3 is 25.8 Å². The summed E-state index contributed by atoms with van der Waals surface area (Å²) in [4.78, 5) is 33.5. The fourth-order valence-corrected chi connectivity index (χ4v) is 0.977. The van der Waals surface area contributed by atoms with Crippen LogP contribution in [-0.2, 0) is 14.3 Å². The molecule has 0 aromatic heterocycles. The van der Waals surface area contributed by atoms with Crippen LogP contribution in [0.5, 0.6) is 0 Å². The number of nitrogens with one attached hydrogen (secondary N) is 1. The zero-order chi connectivity index (χ0) is 13.4. The summed E-state index contributed by atoms with van der Waals surface area (Å²) in [6, 6.07) is -0.671. The molecule has 0 aliphatic heterocycles. The van der Waals surface area contributed by atoms with Crippen LogP contribution in [0.4, 0.5) is 4.79 Å². The number of aliphatic carboxylic acids is 1. The van der Waals surface area contributed by atoms with Gasteiger partial charge in [-0.3, -0.25) is 9.59 Å². The average Bonchev–Trinajstić information content (AvgIpc) is 2.23. The Morgan fingerprint density at radius 1 is 1.41 bits per heavy atom. The molecule has 17 heavy (non-hydrogen) atoms. The third-order valence-electron chi connectivity index (χ3n) is 1.90. The van der Waals surface area contributed by atoms with E-state index in [9.17, 15) is 14.4 Å². The number of ether oxygens (including phenoxy) is 1. The smallest absolute Gasteiger partial charge is 0.323 e. The third kappa shape index (κ3) is 7.12. The molecular weight excluding hydrogens is 230 g/mol. The Balaban J connectivity index is 4.31. The number of carboxylic acids is 1. The summed E-state index contributed by atoms with van der Waals surface area (Å²) in [5.41, 5.74) is 4.91. The molecule has 8 nitrogen and oxygen atoms in total. The van der Waals surface area contributed by atoms with Gasteiger partial charge in [0.25, 0.3) is 0 Å². The predicted molar refractivity (Wildman–Crippen MR) is 58.3 cm³/mol. The van der Waals surface area contributed by atoms with E-state index >= 15 is 0 Å². The maximum atomic E-state index is 11.5. The standard InChI is InChI=1S/C9H17N3O5/c1-6(17-2)3-11-9(16)12(4-7(10)13)5-8(14)15/h6H,3-5H2,1-2H3,(H2,10,13)(H,11,16)(H,14,15). The molecule has 4 N–H and O–H groups in total. The normalized spacial score (nSPS) is 11.6. The van der Waals surface area contributed by atoms with Crippen LogP contribution in [0.15, 0.2) is 0 Å². The van der Waals surface area contributed by atoms with Gasteiger partial charge >= 0.3 is 12.0 Å². The van der Waals surface area contributed by atoms with Crippen molar-refractivity contribution in [3.8, 4) is 0 Å². The van der Waals surface area contributed by atoms with Gasteiger partial charge in [0.2, 0.25) is 5.91 Å². The van der Waals surface area contributed by atoms with Gasteiger partial charge in [0.1, 0.15) is 13.1 Å². The monoisotopic (exact) mass is 247 g/mol. The summed E-state index contributed by atoms with van der Waals surface area (Å²) in [7, 11) is 1.48. The number of carboxylic acid groups (broad SMARTS) is 1. The Hall–Kier alpha value is -1.83. The van der Waals surface area contributed by atoms with E-state index in [1.807, 2.05) is 0 Å². The molecule has 8 heteroatoms. The Morgan fingerprint density at radius 3 is 2.41 bits per heavy atom. The van der Waals surface area contributed by atoms with Crippen molar-refractivity contribution in [1.82, 2.24) is 10.2 Å². The molecule has 0 bridgehead atoms. The molecular formula is C9H17N3O5. The van der Waals surface area contributed by atoms with E-state index in [-0.39, 0.29) is 12.6 Å². The molecule has 98 valence electrons. The maximum Gasteiger partial charge on any atom is 0.323 e. The molecule has 1 atom stereocenters. The minimum Gasteiger partial charge on any atom is -0.480 e. The summed E-state index contributed by atoms with van der Waals surface area (Å²) >= 11 is 0. The molecule has 0 aliphatic carbocycles. The van der Waals surface area contributed by atoms with Crippen molar-refractivity contribution in [3.05, 3.63) is 0 Å². The van der Waals surface area contributed by atoms with Gasteiger partial charge in [0.15, 0.2) is 0 Å². The van der Waals surface area contributed by atoms with Crippen molar-refractivity contribution in [2.24, 2.45) is 5.73 Å². The van der Waals surface area contributed by atoms with Gasteiger partial charge in [-0.25, -0.2) is 4.79 Å². The first-order valence-electron chi connectivity index (χ1n) is 4.92. The van der Waals surface area contributed by atoms with E-state index in [1.165, 1.54) is 7.11 Å². The van der Waals surface area contributed by atoms with Gasteiger partial charge in [-0.15, -0.1) is 0 Å². The van der Waals surface area contributed by atoms with E-state index in [4.69, 9.17) is 15.6 Å². The van der Waals surface area contributed by atoms with Gasteiger partial charge in [0, 0.05) is 13.7 Å². The highest BCUT2D eigenvalue weighted by Gasteiger charge is 2.18. The van der Waals surface area contributed by atoms with Gasteiger partial charge in [-0.1, -0.05) is 0 Å². The molecule has 1 unspecified atom stereocenters. The van der Waals surface area contributed by atoms with E-state index in [0.29, 0.717) is 0 Å². The van der Waals surface area contributed by atoms with Crippen molar-refractivity contribution in [3.63, 3.8) is 0 Å². The molecule has 0 spiro atoms. The lowest BCUT2D eigenvalue weighted by molar-refractivity contribution is -0.137. The molecule has 0 saturated heterocycles. The Kier molecular flexibility index (Phi) is 6.64. The number of primary amides is 1. The number of carbonyl (C=O) groups is 3. The minimum atomic E-state index is -1.22. The molecule has 0 saturated carbocycles. The van der Waals surface area contributed by atoms with Gasteiger partial charge in [0.05, 0.1) is 6.10 Å². The molecule has 0 aromatic rings. The van der Waals surface area contributed by atoms with Crippen molar-refractivity contribution in [1.29, 1.82) is 0 Å². The van der Waals surface area contributed by atoms with Crippen molar-refractivity contribution in [2.45, 2.75) is 13.0 Å². The van der Waals surface area contributed by atoms with Crippen LogP contribution >= 0.6 is 0 Å². The SMILES string of the molecule is COC(C)CNC(=O)N(CC(N)=O)CC(=O)O. The van der Waals surface area contributed by atoms with Crippen molar-refractivity contribution in [2.75, 3.05) is 26.7 Å². The first-order chi connectivity index (χ1) is 7.86. The molecule has 0 aromatic carbocycles. The summed E-state index contributed by atoms with van der Waals surface area (Å²) in [6.45, 7) is 0.912. The fraction of sp³-hybridized carbons (Fsp3) is 0.667. The summed E-state index contributed by atoms with van der Waals surface area (Å²) in [6.07, 6.45) is -0.209. The van der Waals surface area contributed by atoms with Crippen LogP contribution in [-0.4, -0.2) is 60.8 Å². The quantitative estimate of drug-likeness (QED) is 0.511. The lowest BCUT2D eigenvalue weighted by Gasteiger charge is -2.20. The molecule has 0 radical (unpaired) electrons. The highest BCUT2D eigenvalue weighted by molar-refractivity contribution is 5.85. The Labute approximate surface area is 98.7 Å². The number of nitrogens with two attached hydrogens (primary N) is 1. The van der Waals surface area contributed by atoms with Crippen LogP contribution in [0.25, 0.3) is 0 Å². The largest absolute Gasteiger partial charge is 0.480 e. The molecule has 3 amide bonds. The summed E-state index contributed by atoms with van der Waals surface area (Å²) in [5, 5.41) is 11.0. The lowest BCUT2D eigenvalue weighted by atomic mass is 10.4. The number of nitrogens with zero attached hydrogens (tertiary/aromatic N) is 1. The summed E-state index contributed by atoms with van der Waals surface area (Å²) < 4.78 is 4.90. The zero-order valence-corrected chi connectivity index (χ0v) is 9.80. The number of rotatable bonds is 7. The van der Waals surface area contributed by atoms with Crippen LogP contribution in [0.1, 0.15) is 6.92 Å². The number of methoxy groups -OCH3 is 1. The first-order valence-corrected chi connectivity index (χ1v) is 4.92. The second-order valence-electron chi connectivity index (χ2n) is 3.45. The van der Waals surface area contributed by atoms with Gasteiger partial charge in [-0.05, 0) is 6.92 Å². The Morgan fingerprint density at radius 2 is 2.00 bits per heavy atom. The van der Waals surface area contributed by atoms with E-state index in [2.05, 4.69) is 5.32 Å². The van der Waals surface area contributed by atoms with Crippen LogP contribution in [0, 0.1) is 0 Å². The average molecular weight is 247 g/mol.